The number of likely N-dealkylation sites (tertiary alicyclic amines) is 1. The van der Waals surface area contributed by atoms with E-state index in [9.17, 15) is 4.79 Å². The number of hydrogen-bond acceptors (Lipinski definition) is 4. The molecule has 5 nitrogen and oxygen atoms in total. The van der Waals surface area contributed by atoms with E-state index in [0.29, 0.717) is 23.0 Å². The summed E-state index contributed by atoms with van der Waals surface area (Å²) >= 11 is 0. The van der Waals surface area contributed by atoms with E-state index in [0.717, 1.165) is 38.0 Å². The Morgan fingerprint density at radius 1 is 1.24 bits per heavy atom. The summed E-state index contributed by atoms with van der Waals surface area (Å²) in [5.41, 5.74) is 2.95. The Bertz CT molecular complexity index is 773. The van der Waals surface area contributed by atoms with Crippen LogP contribution >= 0.6 is 0 Å². The molecule has 1 fully saturated rings. The van der Waals surface area contributed by atoms with Gasteiger partial charge in [0.1, 0.15) is 0 Å². The van der Waals surface area contributed by atoms with Crippen LogP contribution < -0.4 is 9.47 Å². The highest BCUT2D eigenvalue weighted by Gasteiger charge is 2.26. The molecule has 0 unspecified atom stereocenters. The number of aryl methyl sites for hydroxylation is 1. The fourth-order valence-electron chi connectivity index (χ4n) is 3.58. The third kappa shape index (κ3) is 3.45. The lowest BCUT2D eigenvalue weighted by Gasteiger charge is -2.33. The Morgan fingerprint density at radius 3 is 2.96 bits per heavy atom. The summed E-state index contributed by atoms with van der Waals surface area (Å²) in [6, 6.07) is 9.62. The molecule has 2 aromatic rings. The second-order valence-corrected chi connectivity index (χ2v) is 6.84. The predicted octanol–water partition coefficient (Wildman–Crippen LogP) is 3.21. The van der Waals surface area contributed by atoms with Crippen molar-refractivity contribution in [3.63, 3.8) is 0 Å². The molecule has 0 spiro atoms. The SMILES string of the molecule is Cc1ccc(C[C@H]2CCCN(C(=O)c3ccc4c(c3)OCO4)C2)cn1. The average molecular weight is 338 g/mol. The van der Waals surface area contributed by atoms with Crippen LogP contribution in [0.4, 0.5) is 0 Å². The molecule has 0 saturated carbocycles. The summed E-state index contributed by atoms with van der Waals surface area (Å²) in [5, 5.41) is 0. The molecule has 1 amide bonds. The van der Waals surface area contributed by atoms with Crippen LogP contribution in [0, 0.1) is 12.8 Å². The molecule has 5 heteroatoms. The first-order valence-corrected chi connectivity index (χ1v) is 8.79. The molecule has 3 heterocycles. The van der Waals surface area contributed by atoms with Crippen molar-refractivity contribution in [2.45, 2.75) is 26.2 Å². The van der Waals surface area contributed by atoms with E-state index in [-0.39, 0.29) is 12.7 Å². The van der Waals surface area contributed by atoms with E-state index in [2.05, 4.69) is 11.1 Å². The molecule has 1 aromatic heterocycles. The number of hydrogen-bond donors (Lipinski definition) is 0. The number of fused-ring (bicyclic) bond motifs is 1. The highest BCUT2D eigenvalue weighted by molar-refractivity contribution is 5.95. The van der Waals surface area contributed by atoms with Gasteiger partial charge in [-0.1, -0.05) is 6.07 Å². The number of nitrogens with zero attached hydrogens (tertiary/aromatic N) is 2. The summed E-state index contributed by atoms with van der Waals surface area (Å²) in [7, 11) is 0. The number of carbonyl (C=O) groups excluding carboxylic acids is 1. The molecule has 1 saturated heterocycles. The number of pyridine rings is 1. The highest BCUT2D eigenvalue weighted by Crippen LogP contribution is 2.33. The van der Waals surface area contributed by atoms with Gasteiger partial charge in [-0.3, -0.25) is 9.78 Å². The topological polar surface area (TPSA) is 51.7 Å². The standard InChI is InChI=1S/C20H22N2O3/c1-14-4-5-15(11-21-14)9-16-3-2-8-22(12-16)20(23)17-6-7-18-19(10-17)25-13-24-18/h4-7,10-11,16H,2-3,8-9,12-13H2,1H3/t16-/m1/s1. The zero-order chi connectivity index (χ0) is 17.2. The van der Waals surface area contributed by atoms with Gasteiger partial charge in [0.15, 0.2) is 11.5 Å². The lowest BCUT2D eigenvalue weighted by molar-refractivity contribution is 0.0673. The van der Waals surface area contributed by atoms with Gasteiger partial charge in [0.25, 0.3) is 5.91 Å². The number of amides is 1. The summed E-state index contributed by atoms with van der Waals surface area (Å²) in [6.45, 7) is 3.83. The molecule has 1 aromatic carbocycles. The maximum absolute atomic E-state index is 12.9. The number of rotatable bonds is 3. The zero-order valence-corrected chi connectivity index (χ0v) is 14.4. The summed E-state index contributed by atoms with van der Waals surface area (Å²) in [4.78, 5) is 19.2. The van der Waals surface area contributed by atoms with Gasteiger partial charge in [-0.2, -0.15) is 0 Å². The van der Waals surface area contributed by atoms with Crippen LogP contribution in [0.15, 0.2) is 36.5 Å². The summed E-state index contributed by atoms with van der Waals surface area (Å²) < 4.78 is 10.7. The lowest BCUT2D eigenvalue weighted by Crippen LogP contribution is -2.40. The Balaban J connectivity index is 1.43. The Morgan fingerprint density at radius 2 is 2.12 bits per heavy atom. The molecule has 0 radical (unpaired) electrons. The smallest absolute Gasteiger partial charge is 0.254 e. The molecule has 2 aliphatic rings. The molecule has 25 heavy (non-hydrogen) atoms. The van der Waals surface area contributed by atoms with Crippen LogP contribution in [-0.2, 0) is 6.42 Å². The number of aromatic nitrogens is 1. The van der Waals surface area contributed by atoms with Crippen LogP contribution in [0.1, 0.15) is 34.5 Å². The van der Waals surface area contributed by atoms with Gasteiger partial charge in [0.2, 0.25) is 6.79 Å². The van der Waals surface area contributed by atoms with Crippen molar-refractivity contribution in [1.82, 2.24) is 9.88 Å². The molecule has 0 aliphatic carbocycles. The predicted molar refractivity (Wildman–Crippen MR) is 93.9 cm³/mol. The number of carbonyl (C=O) groups is 1. The number of piperidine rings is 1. The van der Waals surface area contributed by atoms with Gasteiger partial charge in [-0.05, 0) is 61.9 Å². The fourth-order valence-corrected chi connectivity index (χ4v) is 3.58. The van der Waals surface area contributed by atoms with Crippen molar-refractivity contribution in [3.8, 4) is 11.5 Å². The van der Waals surface area contributed by atoms with Gasteiger partial charge < -0.3 is 14.4 Å². The normalized spacial score (nSPS) is 19.1. The molecule has 0 bridgehead atoms. The molecule has 0 N–H and O–H groups in total. The third-order valence-corrected chi connectivity index (χ3v) is 4.92. The second-order valence-electron chi connectivity index (χ2n) is 6.84. The average Bonchev–Trinajstić information content (AvgIpc) is 3.11. The fraction of sp³-hybridized carbons (Fsp3) is 0.400. The van der Waals surface area contributed by atoms with E-state index in [1.54, 1.807) is 6.07 Å². The van der Waals surface area contributed by atoms with E-state index in [1.165, 1.54) is 5.56 Å². The molecule has 1 atom stereocenters. The molecule has 4 rings (SSSR count). The summed E-state index contributed by atoms with van der Waals surface area (Å²) in [6.07, 6.45) is 5.12. The van der Waals surface area contributed by atoms with Gasteiger partial charge in [-0.25, -0.2) is 0 Å². The van der Waals surface area contributed by atoms with Crippen molar-refractivity contribution in [3.05, 3.63) is 53.3 Å². The minimum Gasteiger partial charge on any atom is -0.454 e. The first-order valence-electron chi connectivity index (χ1n) is 8.79. The number of benzene rings is 1. The van der Waals surface area contributed by atoms with Gasteiger partial charge >= 0.3 is 0 Å². The first-order chi connectivity index (χ1) is 12.2. The van der Waals surface area contributed by atoms with Crippen LogP contribution in [0.2, 0.25) is 0 Å². The van der Waals surface area contributed by atoms with Crippen LogP contribution in [0.3, 0.4) is 0 Å². The minimum absolute atomic E-state index is 0.0741. The Hall–Kier alpha value is -2.56. The van der Waals surface area contributed by atoms with Gasteiger partial charge in [-0.15, -0.1) is 0 Å². The van der Waals surface area contributed by atoms with Crippen molar-refractivity contribution in [2.75, 3.05) is 19.9 Å². The van der Waals surface area contributed by atoms with Crippen molar-refractivity contribution < 1.29 is 14.3 Å². The van der Waals surface area contributed by atoms with Crippen LogP contribution in [-0.4, -0.2) is 35.7 Å². The van der Waals surface area contributed by atoms with Crippen LogP contribution in [0.5, 0.6) is 11.5 Å². The minimum atomic E-state index is 0.0741. The third-order valence-electron chi connectivity index (χ3n) is 4.92. The number of ether oxygens (including phenoxy) is 2. The quantitative estimate of drug-likeness (QED) is 0.862. The van der Waals surface area contributed by atoms with E-state index in [4.69, 9.17) is 9.47 Å². The first kappa shape index (κ1) is 15.9. The van der Waals surface area contributed by atoms with Gasteiger partial charge in [0, 0.05) is 30.5 Å². The largest absolute Gasteiger partial charge is 0.454 e. The Kier molecular flexibility index (Phi) is 4.30. The van der Waals surface area contributed by atoms with Crippen LogP contribution in [0.25, 0.3) is 0 Å². The lowest BCUT2D eigenvalue weighted by atomic mass is 9.91. The highest BCUT2D eigenvalue weighted by atomic mass is 16.7. The zero-order valence-electron chi connectivity index (χ0n) is 14.4. The van der Waals surface area contributed by atoms with E-state index < -0.39 is 0 Å². The van der Waals surface area contributed by atoms with E-state index in [1.807, 2.05) is 36.2 Å². The summed E-state index contributed by atoms with van der Waals surface area (Å²) in [5.74, 6) is 1.92. The van der Waals surface area contributed by atoms with E-state index >= 15 is 0 Å². The molecule has 130 valence electrons. The second kappa shape index (κ2) is 6.75. The molecule has 2 aliphatic heterocycles. The molecular weight excluding hydrogens is 316 g/mol. The van der Waals surface area contributed by atoms with Gasteiger partial charge in [0.05, 0.1) is 0 Å². The maximum Gasteiger partial charge on any atom is 0.254 e. The van der Waals surface area contributed by atoms with Crippen molar-refractivity contribution >= 4 is 5.91 Å². The van der Waals surface area contributed by atoms with Crippen molar-refractivity contribution in [1.29, 1.82) is 0 Å². The monoisotopic (exact) mass is 338 g/mol. The Labute approximate surface area is 147 Å². The molecular formula is C20H22N2O3. The maximum atomic E-state index is 12.9. The van der Waals surface area contributed by atoms with Crippen molar-refractivity contribution in [2.24, 2.45) is 5.92 Å².